The summed E-state index contributed by atoms with van der Waals surface area (Å²) in [6, 6.07) is 0. The zero-order chi connectivity index (χ0) is 14.4. The van der Waals surface area contributed by atoms with Crippen LogP contribution in [0.2, 0.25) is 0 Å². The van der Waals surface area contributed by atoms with E-state index in [0.717, 1.165) is 32.8 Å². The van der Waals surface area contributed by atoms with Crippen LogP contribution in [0.25, 0.3) is 0 Å². The van der Waals surface area contributed by atoms with Crippen molar-refractivity contribution < 1.29 is 14.9 Å². The van der Waals surface area contributed by atoms with Crippen molar-refractivity contribution in [2.45, 2.75) is 13.5 Å². The van der Waals surface area contributed by atoms with Gasteiger partial charge in [-0.1, -0.05) is 0 Å². The lowest BCUT2D eigenvalue weighted by Crippen LogP contribution is -2.37. The molecule has 0 atom stereocenters. The van der Waals surface area contributed by atoms with Crippen molar-refractivity contribution in [3.63, 3.8) is 0 Å². The van der Waals surface area contributed by atoms with E-state index in [9.17, 15) is 10.2 Å². The molecule has 2 N–H and O–H groups in total. The number of aryl methyl sites for hydroxylation is 1. The fraction of sp³-hybridized carbons (Fsp3) is 0.571. The van der Waals surface area contributed by atoms with Gasteiger partial charge in [0.15, 0.2) is 0 Å². The highest BCUT2D eigenvalue weighted by molar-refractivity contribution is 5.85. The van der Waals surface area contributed by atoms with Crippen LogP contribution in [0.3, 0.4) is 0 Å². The number of hydrogen-bond acceptors (Lipinski definition) is 6. The second kappa shape index (κ2) is 7.33. The van der Waals surface area contributed by atoms with Gasteiger partial charge in [0.1, 0.15) is 5.75 Å². The summed E-state index contributed by atoms with van der Waals surface area (Å²) in [5.74, 6) is 0.0895. The first-order valence-electron chi connectivity index (χ1n) is 6.80. The average molecular weight is 279 g/mol. The van der Waals surface area contributed by atoms with Crippen molar-refractivity contribution in [2.24, 2.45) is 4.99 Å². The van der Waals surface area contributed by atoms with Gasteiger partial charge in [-0.2, -0.15) is 0 Å². The number of aliphatic hydroxyl groups excluding tert-OH is 1. The Morgan fingerprint density at radius 2 is 2.20 bits per heavy atom. The second-order valence-electron chi connectivity index (χ2n) is 4.78. The molecule has 110 valence electrons. The Morgan fingerprint density at radius 1 is 1.45 bits per heavy atom. The van der Waals surface area contributed by atoms with Gasteiger partial charge in [-0.05, 0) is 6.92 Å². The molecule has 1 aliphatic heterocycles. The van der Waals surface area contributed by atoms with Crippen LogP contribution in [0.1, 0.15) is 16.8 Å². The van der Waals surface area contributed by atoms with Gasteiger partial charge in [-0.25, -0.2) is 0 Å². The van der Waals surface area contributed by atoms with E-state index in [1.54, 1.807) is 19.3 Å². The smallest absolute Gasteiger partial charge is 0.145 e. The second-order valence-corrected chi connectivity index (χ2v) is 4.78. The Balaban J connectivity index is 1.95. The molecule has 0 saturated carbocycles. The summed E-state index contributed by atoms with van der Waals surface area (Å²) in [7, 11) is 0. The largest absolute Gasteiger partial charge is 0.505 e. The minimum atomic E-state index is -0.161. The molecule has 0 unspecified atom stereocenters. The number of ether oxygens (including phenoxy) is 1. The van der Waals surface area contributed by atoms with Crippen LogP contribution in [-0.2, 0) is 11.3 Å². The normalized spacial score (nSPS) is 16.9. The number of aliphatic imine (C=N–C) groups is 1. The fourth-order valence-corrected chi connectivity index (χ4v) is 2.10. The third-order valence-electron chi connectivity index (χ3n) is 3.40. The fourth-order valence-electron chi connectivity index (χ4n) is 2.10. The van der Waals surface area contributed by atoms with Gasteiger partial charge in [0.25, 0.3) is 0 Å². The maximum absolute atomic E-state index is 9.97. The van der Waals surface area contributed by atoms with Gasteiger partial charge in [-0.15, -0.1) is 0 Å². The summed E-state index contributed by atoms with van der Waals surface area (Å²) >= 11 is 0. The molecule has 0 aliphatic carbocycles. The maximum Gasteiger partial charge on any atom is 0.145 e. The minimum absolute atomic E-state index is 0.0895. The molecule has 20 heavy (non-hydrogen) atoms. The molecular formula is C14H21N3O3. The Morgan fingerprint density at radius 3 is 2.90 bits per heavy atom. The highest BCUT2D eigenvalue weighted by Crippen LogP contribution is 2.21. The summed E-state index contributed by atoms with van der Waals surface area (Å²) in [5, 5.41) is 19.2. The first-order chi connectivity index (χ1) is 9.72. The van der Waals surface area contributed by atoms with E-state index in [1.165, 1.54) is 0 Å². The van der Waals surface area contributed by atoms with Crippen LogP contribution < -0.4 is 0 Å². The minimum Gasteiger partial charge on any atom is -0.505 e. The standard InChI is InChI=1S/C14H21N3O3/c1-11-14(19)13(12(10-18)8-16-11)9-15-2-3-17-4-6-20-7-5-17/h8-9,18-19H,2-7,10H2,1H3. The summed E-state index contributed by atoms with van der Waals surface area (Å²) in [6.45, 7) is 6.54. The highest BCUT2D eigenvalue weighted by atomic mass is 16.5. The summed E-state index contributed by atoms with van der Waals surface area (Å²) in [4.78, 5) is 10.7. The van der Waals surface area contributed by atoms with Crippen LogP contribution in [0.5, 0.6) is 5.75 Å². The number of aromatic nitrogens is 1. The van der Waals surface area contributed by atoms with Gasteiger partial charge in [0, 0.05) is 43.2 Å². The zero-order valence-electron chi connectivity index (χ0n) is 11.7. The number of morpholine rings is 1. The van der Waals surface area contributed by atoms with Crippen molar-refractivity contribution in [3.8, 4) is 5.75 Å². The molecule has 0 bridgehead atoms. The lowest BCUT2D eigenvalue weighted by molar-refractivity contribution is 0.0395. The molecule has 1 aliphatic rings. The van der Waals surface area contributed by atoms with E-state index >= 15 is 0 Å². The Hall–Kier alpha value is -1.50. The molecule has 0 aromatic carbocycles. The van der Waals surface area contributed by atoms with Crippen molar-refractivity contribution in [2.75, 3.05) is 39.4 Å². The quantitative estimate of drug-likeness (QED) is 0.760. The maximum atomic E-state index is 9.97. The van der Waals surface area contributed by atoms with Gasteiger partial charge in [0.05, 0.1) is 32.1 Å². The molecule has 2 heterocycles. The molecule has 1 fully saturated rings. The van der Waals surface area contributed by atoms with Crippen molar-refractivity contribution in [1.82, 2.24) is 9.88 Å². The molecule has 1 saturated heterocycles. The van der Waals surface area contributed by atoms with E-state index in [-0.39, 0.29) is 12.4 Å². The average Bonchev–Trinajstić information content (AvgIpc) is 2.49. The van der Waals surface area contributed by atoms with E-state index in [4.69, 9.17) is 4.74 Å². The van der Waals surface area contributed by atoms with Crippen LogP contribution in [0, 0.1) is 6.92 Å². The van der Waals surface area contributed by atoms with Gasteiger partial charge in [0.2, 0.25) is 0 Å². The predicted octanol–water partition coefficient (Wildman–Crippen LogP) is 0.339. The molecule has 6 heteroatoms. The highest BCUT2D eigenvalue weighted by Gasteiger charge is 2.10. The first kappa shape index (κ1) is 14.9. The van der Waals surface area contributed by atoms with Crippen LogP contribution in [0.4, 0.5) is 0 Å². The summed E-state index contributed by atoms with van der Waals surface area (Å²) in [6.07, 6.45) is 3.19. The van der Waals surface area contributed by atoms with Crippen LogP contribution >= 0.6 is 0 Å². The summed E-state index contributed by atoms with van der Waals surface area (Å²) in [5.41, 5.74) is 1.68. The molecule has 6 nitrogen and oxygen atoms in total. The van der Waals surface area contributed by atoms with E-state index in [0.29, 0.717) is 23.4 Å². The van der Waals surface area contributed by atoms with Crippen molar-refractivity contribution in [3.05, 3.63) is 23.0 Å². The Bertz CT molecular complexity index is 471. The molecule has 2 rings (SSSR count). The molecular weight excluding hydrogens is 258 g/mol. The van der Waals surface area contributed by atoms with Crippen LogP contribution in [-0.4, -0.2) is 65.7 Å². The lowest BCUT2D eigenvalue weighted by atomic mass is 10.1. The molecule has 1 aromatic heterocycles. The predicted molar refractivity (Wildman–Crippen MR) is 76.3 cm³/mol. The lowest BCUT2D eigenvalue weighted by Gasteiger charge is -2.25. The van der Waals surface area contributed by atoms with Crippen LogP contribution in [0.15, 0.2) is 11.2 Å². The number of aliphatic hydroxyl groups is 1. The number of rotatable bonds is 5. The third kappa shape index (κ3) is 3.75. The molecule has 1 aromatic rings. The zero-order valence-corrected chi connectivity index (χ0v) is 11.7. The van der Waals surface area contributed by atoms with Gasteiger partial charge < -0.3 is 14.9 Å². The Labute approximate surface area is 118 Å². The van der Waals surface area contributed by atoms with E-state index < -0.39 is 0 Å². The van der Waals surface area contributed by atoms with Crippen molar-refractivity contribution >= 4 is 6.21 Å². The Kier molecular flexibility index (Phi) is 5.46. The van der Waals surface area contributed by atoms with Gasteiger partial charge >= 0.3 is 0 Å². The molecule has 0 amide bonds. The first-order valence-corrected chi connectivity index (χ1v) is 6.80. The van der Waals surface area contributed by atoms with Crippen molar-refractivity contribution in [1.29, 1.82) is 0 Å². The number of nitrogens with zero attached hydrogens (tertiary/aromatic N) is 3. The number of aromatic hydroxyl groups is 1. The summed E-state index contributed by atoms with van der Waals surface area (Å²) < 4.78 is 5.29. The molecule has 0 radical (unpaired) electrons. The van der Waals surface area contributed by atoms with Gasteiger partial charge in [-0.3, -0.25) is 14.9 Å². The number of pyridine rings is 1. The molecule has 0 spiro atoms. The number of hydrogen-bond donors (Lipinski definition) is 2. The van der Waals surface area contributed by atoms with E-state index in [1.807, 2.05) is 0 Å². The topological polar surface area (TPSA) is 78.2 Å². The third-order valence-corrected chi connectivity index (χ3v) is 3.40. The SMILES string of the molecule is Cc1ncc(CO)c(C=NCCN2CCOCC2)c1O. The monoisotopic (exact) mass is 279 g/mol. The van der Waals surface area contributed by atoms with E-state index in [2.05, 4.69) is 14.9 Å².